The minimum Gasteiger partial charge on any atom is -0.316 e. The van der Waals surface area contributed by atoms with Gasteiger partial charge in [-0.05, 0) is 20.9 Å². The summed E-state index contributed by atoms with van der Waals surface area (Å²) in [5.41, 5.74) is 3.48. The summed E-state index contributed by atoms with van der Waals surface area (Å²) in [6.45, 7) is 9.66. The molecule has 1 aromatic heterocycles. The molecular formula is C14H23N3S2. The summed E-state index contributed by atoms with van der Waals surface area (Å²) in [6.07, 6.45) is 0. The van der Waals surface area contributed by atoms with Gasteiger partial charge in [0.25, 0.3) is 0 Å². The quantitative estimate of drug-likeness (QED) is 0.928. The zero-order valence-electron chi connectivity index (χ0n) is 12.4. The van der Waals surface area contributed by atoms with E-state index in [2.05, 4.69) is 33.0 Å². The van der Waals surface area contributed by atoms with Crippen LogP contribution < -0.4 is 5.32 Å². The fraction of sp³-hybridized carbons (Fsp3) is 0.714. The topological polar surface area (TPSA) is 37.8 Å². The van der Waals surface area contributed by atoms with Gasteiger partial charge in [-0.25, -0.2) is 9.97 Å². The van der Waals surface area contributed by atoms with Crippen molar-refractivity contribution >= 4 is 23.5 Å². The van der Waals surface area contributed by atoms with Crippen molar-refractivity contribution < 1.29 is 0 Å². The monoisotopic (exact) mass is 297 g/mol. The lowest BCUT2D eigenvalue weighted by Gasteiger charge is -2.30. The van der Waals surface area contributed by atoms with Gasteiger partial charge in [0, 0.05) is 39.7 Å². The minimum absolute atomic E-state index is 0.442. The Morgan fingerprint density at radius 1 is 1.16 bits per heavy atom. The molecule has 19 heavy (non-hydrogen) atoms. The van der Waals surface area contributed by atoms with Gasteiger partial charge in [0.1, 0.15) is 5.82 Å². The van der Waals surface area contributed by atoms with Crippen LogP contribution in [0.2, 0.25) is 0 Å². The van der Waals surface area contributed by atoms with Crippen LogP contribution >= 0.6 is 23.5 Å². The van der Waals surface area contributed by atoms with E-state index >= 15 is 0 Å². The van der Waals surface area contributed by atoms with E-state index < -0.39 is 0 Å². The predicted molar refractivity (Wildman–Crippen MR) is 86.0 cm³/mol. The standard InChI is InChI=1S/C14H23N3S2/c1-8-12(6-15-5)9(2)17-14(16-8)13-7-18-10(3)11(4)19-13/h10-11,13,15H,6-7H2,1-5H3. The molecule has 1 fully saturated rings. The van der Waals surface area contributed by atoms with Gasteiger partial charge in [0.05, 0.1) is 5.25 Å². The number of nitrogens with one attached hydrogen (secondary N) is 1. The van der Waals surface area contributed by atoms with Crippen LogP contribution in [0.15, 0.2) is 0 Å². The van der Waals surface area contributed by atoms with Crippen molar-refractivity contribution in [3.8, 4) is 0 Å². The van der Waals surface area contributed by atoms with Gasteiger partial charge in [-0.15, -0.1) is 11.8 Å². The second kappa shape index (κ2) is 6.46. The molecule has 1 aliphatic heterocycles. The lowest BCUT2D eigenvalue weighted by molar-refractivity contribution is 0.765. The van der Waals surface area contributed by atoms with E-state index in [1.54, 1.807) is 0 Å². The van der Waals surface area contributed by atoms with E-state index in [0.29, 0.717) is 10.5 Å². The number of thioether (sulfide) groups is 2. The summed E-state index contributed by atoms with van der Waals surface area (Å²) in [4.78, 5) is 9.50. The summed E-state index contributed by atoms with van der Waals surface area (Å²) in [7, 11) is 1.96. The molecule has 0 aliphatic carbocycles. The summed E-state index contributed by atoms with van der Waals surface area (Å²) in [6, 6.07) is 0. The van der Waals surface area contributed by atoms with E-state index in [-0.39, 0.29) is 0 Å². The Bertz CT molecular complexity index is 427. The van der Waals surface area contributed by atoms with Gasteiger partial charge in [0.2, 0.25) is 0 Å². The highest BCUT2D eigenvalue weighted by molar-refractivity contribution is 8.07. The molecule has 0 amide bonds. The summed E-state index contributed by atoms with van der Waals surface area (Å²) >= 11 is 4.06. The van der Waals surface area contributed by atoms with Gasteiger partial charge in [-0.1, -0.05) is 13.8 Å². The molecule has 2 rings (SSSR count). The Balaban J connectivity index is 2.22. The normalized spacial score (nSPS) is 27.5. The van der Waals surface area contributed by atoms with Crippen LogP contribution in [0.1, 0.15) is 41.9 Å². The van der Waals surface area contributed by atoms with Crippen LogP contribution in [0.25, 0.3) is 0 Å². The maximum Gasteiger partial charge on any atom is 0.142 e. The van der Waals surface area contributed by atoms with Gasteiger partial charge in [0.15, 0.2) is 0 Å². The van der Waals surface area contributed by atoms with Crippen LogP contribution in [-0.2, 0) is 6.54 Å². The molecule has 3 nitrogen and oxygen atoms in total. The van der Waals surface area contributed by atoms with Crippen molar-refractivity contribution in [2.24, 2.45) is 0 Å². The third-order valence-corrected chi connectivity index (χ3v) is 7.02. The summed E-state index contributed by atoms with van der Waals surface area (Å²) in [5, 5.41) is 5.03. The number of hydrogen-bond donors (Lipinski definition) is 1. The third kappa shape index (κ3) is 3.44. The Hall–Kier alpha value is -0.260. The lowest BCUT2D eigenvalue weighted by Crippen LogP contribution is -2.23. The van der Waals surface area contributed by atoms with Gasteiger partial charge >= 0.3 is 0 Å². The molecule has 3 unspecified atom stereocenters. The highest BCUT2D eigenvalue weighted by Crippen LogP contribution is 2.43. The summed E-state index contributed by atoms with van der Waals surface area (Å²) in [5.74, 6) is 2.14. The average Bonchev–Trinajstić information content (AvgIpc) is 2.37. The van der Waals surface area contributed by atoms with Crippen molar-refractivity contribution in [2.45, 2.75) is 50.0 Å². The molecule has 0 radical (unpaired) electrons. The molecule has 5 heteroatoms. The Morgan fingerprint density at radius 3 is 2.32 bits per heavy atom. The zero-order valence-corrected chi connectivity index (χ0v) is 14.0. The Kier molecular flexibility index (Phi) is 5.15. The molecule has 2 heterocycles. The Labute approximate surface area is 124 Å². The fourth-order valence-electron chi connectivity index (χ4n) is 2.26. The maximum atomic E-state index is 4.75. The summed E-state index contributed by atoms with van der Waals surface area (Å²) < 4.78 is 0. The predicted octanol–water partition coefficient (Wildman–Crippen LogP) is 3.11. The van der Waals surface area contributed by atoms with Crippen LogP contribution in [-0.4, -0.2) is 33.3 Å². The molecule has 1 aromatic rings. The number of hydrogen-bond acceptors (Lipinski definition) is 5. The zero-order chi connectivity index (χ0) is 14.0. The molecule has 0 saturated carbocycles. The number of nitrogens with zero attached hydrogens (tertiary/aromatic N) is 2. The van der Waals surface area contributed by atoms with E-state index in [9.17, 15) is 0 Å². The second-order valence-corrected chi connectivity index (χ2v) is 8.12. The van der Waals surface area contributed by atoms with Crippen LogP contribution in [0.5, 0.6) is 0 Å². The first-order valence-electron chi connectivity index (χ1n) is 6.78. The molecule has 106 valence electrons. The largest absolute Gasteiger partial charge is 0.316 e. The van der Waals surface area contributed by atoms with Crippen LogP contribution in [0.3, 0.4) is 0 Å². The second-order valence-electron chi connectivity index (χ2n) is 5.13. The minimum atomic E-state index is 0.442. The fourth-order valence-corrected chi connectivity index (χ4v) is 5.10. The third-order valence-electron chi connectivity index (χ3n) is 3.63. The highest BCUT2D eigenvalue weighted by Gasteiger charge is 2.29. The first-order valence-corrected chi connectivity index (χ1v) is 8.77. The van der Waals surface area contributed by atoms with Crippen LogP contribution in [0.4, 0.5) is 0 Å². The molecule has 0 aromatic carbocycles. The molecular weight excluding hydrogens is 274 g/mol. The van der Waals surface area contributed by atoms with Crippen molar-refractivity contribution in [2.75, 3.05) is 12.8 Å². The van der Waals surface area contributed by atoms with Crippen molar-refractivity contribution in [3.05, 3.63) is 22.8 Å². The van der Waals surface area contributed by atoms with Crippen molar-refractivity contribution in [3.63, 3.8) is 0 Å². The molecule has 0 bridgehead atoms. The van der Waals surface area contributed by atoms with E-state index in [1.807, 2.05) is 30.6 Å². The van der Waals surface area contributed by atoms with E-state index in [0.717, 1.165) is 34.8 Å². The first kappa shape index (κ1) is 15.1. The van der Waals surface area contributed by atoms with E-state index in [1.165, 1.54) is 5.56 Å². The first-order chi connectivity index (χ1) is 9.02. The number of aryl methyl sites for hydroxylation is 2. The van der Waals surface area contributed by atoms with Crippen LogP contribution in [0, 0.1) is 13.8 Å². The van der Waals surface area contributed by atoms with Gasteiger partial charge in [-0.3, -0.25) is 0 Å². The van der Waals surface area contributed by atoms with Gasteiger partial charge < -0.3 is 5.32 Å². The molecule has 3 atom stereocenters. The molecule has 0 spiro atoms. The lowest BCUT2D eigenvalue weighted by atomic mass is 10.1. The molecule has 1 aliphatic rings. The van der Waals surface area contributed by atoms with Crippen molar-refractivity contribution in [1.82, 2.24) is 15.3 Å². The molecule has 1 saturated heterocycles. The van der Waals surface area contributed by atoms with E-state index in [4.69, 9.17) is 9.97 Å². The molecule has 1 N–H and O–H groups in total. The maximum absolute atomic E-state index is 4.75. The number of aromatic nitrogens is 2. The smallest absolute Gasteiger partial charge is 0.142 e. The SMILES string of the molecule is CNCc1c(C)nc(C2CSC(C)C(C)S2)nc1C. The van der Waals surface area contributed by atoms with Crippen molar-refractivity contribution in [1.29, 1.82) is 0 Å². The Morgan fingerprint density at radius 2 is 1.79 bits per heavy atom. The average molecular weight is 297 g/mol. The highest BCUT2D eigenvalue weighted by atomic mass is 32.2. The van der Waals surface area contributed by atoms with Gasteiger partial charge in [-0.2, -0.15) is 11.8 Å². The number of rotatable bonds is 3.